The SMILES string of the molecule is C[C@@H](CO)CN(Cc1ccccc1)C(=O)c1cnc2ccccn12. The number of rotatable bonds is 6. The monoisotopic (exact) mass is 323 g/mol. The van der Waals surface area contributed by atoms with Crippen LogP contribution in [0.4, 0.5) is 0 Å². The van der Waals surface area contributed by atoms with E-state index in [1.807, 2.05) is 61.7 Å². The highest BCUT2D eigenvalue weighted by atomic mass is 16.3. The van der Waals surface area contributed by atoms with Crippen molar-refractivity contribution in [2.24, 2.45) is 5.92 Å². The fraction of sp³-hybridized carbons (Fsp3) is 0.263. The smallest absolute Gasteiger partial charge is 0.272 e. The molecule has 1 N–H and O–H groups in total. The van der Waals surface area contributed by atoms with Crippen LogP contribution in [0.25, 0.3) is 5.65 Å². The van der Waals surface area contributed by atoms with Crippen LogP contribution in [0.5, 0.6) is 0 Å². The fourth-order valence-corrected chi connectivity index (χ4v) is 2.71. The summed E-state index contributed by atoms with van der Waals surface area (Å²) in [5.74, 6) is -0.0744. The van der Waals surface area contributed by atoms with Gasteiger partial charge in [-0.15, -0.1) is 0 Å². The summed E-state index contributed by atoms with van der Waals surface area (Å²) in [5, 5.41) is 9.38. The molecule has 5 nitrogen and oxygen atoms in total. The molecule has 1 atom stereocenters. The molecule has 0 aliphatic rings. The molecule has 0 unspecified atom stereocenters. The molecule has 0 bridgehead atoms. The molecule has 0 aliphatic carbocycles. The molecule has 0 fully saturated rings. The van der Waals surface area contributed by atoms with Crippen LogP contribution in [0.2, 0.25) is 0 Å². The molecule has 0 radical (unpaired) electrons. The summed E-state index contributed by atoms with van der Waals surface area (Å²) in [4.78, 5) is 19.1. The van der Waals surface area contributed by atoms with Gasteiger partial charge in [0.05, 0.1) is 6.20 Å². The number of carbonyl (C=O) groups excluding carboxylic acids is 1. The van der Waals surface area contributed by atoms with Crippen molar-refractivity contribution in [2.45, 2.75) is 13.5 Å². The molecule has 3 rings (SSSR count). The van der Waals surface area contributed by atoms with E-state index in [1.54, 1.807) is 15.5 Å². The van der Waals surface area contributed by atoms with Gasteiger partial charge in [-0.2, -0.15) is 0 Å². The molecular formula is C19H21N3O2. The van der Waals surface area contributed by atoms with Crippen molar-refractivity contribution in [1.82, 2.24) is 14.3 Å². The Morgan fingerprint density at radius 3 is 2.71 bits per heavy atom. The molecule has 0 saturated heterocycles. The summed E-state index contributed by atoms with van der Waals surface area (Å²) in [6.07, 6.45) is 3.45. The van der Waals surface area contributed by atoms with Crippen LogP contribution < -0.4 is 0 Å². The predicted octanol–water partition coefficient (Wildman–Crippen LogP) is 2.61. The first-order chi connectivity index (χ1) is 11.7. The summed E-state index contributed by atoms with van der Waals surface area (Å²) >= 11 is 0. The number of aliphatic hydroxyl groups excluding tert-OH is 1. The van der Waals surface area contributed by atoms with Crippen molar-refractivity contribution in [3.8, 4) is 0 Å². The maximum absolute atomic E-state index is 13.1. The topological polar surface area (TPSA) is 57.8 Å². The summed E-state index contributed by atoms with van der Waals surface area (Å²) in [5.41, 5.74) is 2.34. The first-order valence-corrected chi connectivity index (χ1v) is 8.05. The van der Waals surface area contributed by atoms with E-state index in [0.717, 1.165) is 11.2 Å². The summed E-state index contributed by atoms with van der Waals surface area (Å²) in [6.45, 7) is 2.97. The van der Waals surface area contributed by atoms with Crippen molar-refractivity contribution in [3.63, 3.8) is 0 Å². The van der Waals surface area contributed by atoms with Crippen molar-refractivity contribution >= 4 is 11.6 Å². The van der Waals surface area contributed by atoms with E-state index in [2.05, 4.69) is 4.98 Å². The largest absolute Gasteiger partial charge is 0.396 e. The molecule has 24 heavy (non-hydrogen) atoms. The van der Waals surface area contributed by atoms with E-state index in [4.69, 9.17) is 0 Å². The van der Waals surface area contributed by atoms with Gasteiger partial charge in [-0.25, -0.2) is 4.98 Å². The van der Waals surface area contributed by atoms with Gasteiger partial charge in [-0.05, 0) is 23.6 Å². The highest BCUT2D eigenvalue weighted by Gasteiger charge is 2.21. The number of aliphatic hydroxyl groups is 1. The number of benzene rings is 1. The molecule has 3 aromatic rings. The van der Waals surface area contributed by atoms with Gasteiger partial charge >= 0.3 is 0 Å². The number of nitrogens with zero attached hydrogens (tertiary/aromatic N) is 3. The zero-order valence-electron chi connectivity index (χ0n) is 13.7. The Hall–Kier alpha value is -2.66. The number of hydrogen-bond acceptors (Lipinski definition) is 3. The van der Waals surface area contributed by atoms with Crippen LogP contribution in [0.1, 0.15) is 23.0 Å². The number of carbonyl (C=O) groups is 1. The third-order valence-electron chi connectivity index (χ3n) is 3.98. The third kappa shape index (κ3) is 3.46. The lowest BCUT2D eigenvalue weighted by Gasteiger charge is -2.25. The second kappa shape index (κ2) is 7.27. The Morgan fingerprint density at radius 1 is 1.21 bits per heavy atom. The van der Waals surface area contributed by atoms with Crippen LogP contribution in [0.3, 0.4) is 0 Å². The quantitative estimate of drug-likeness (QED) is 0.758. The van der Waals surface area contributed by atoms with Crippen LogP contribution in [0.15, 0.2) is 60.9 Å². The number of aromatic nitrogens is 2. The normalized spacial score (nSPS) is 12.2. The molecule has 5 heteroatoms. The van der Waals surface area contributed by atoms with E-state index < -0.39 is 0 Å². The van der Waals surface area contributed by atoms with Crippen LogP contribution in [-0.4, -0.2) is 38.4 Å². The zero-order chi connectivity index (χ0) is 16.9. The third-order valence-corrected chi connectivity index (χ3v) is 3.98. The molecule has 0 spiro atoms. The summed E-state index contributed by atoms with van der Waals surface area (Å²) in [7, 11) is 0. The standard InChI is InChI=1S/C19H21N3O2/c1-15(14-23)12-21(13-16-7-3-2-4-8-16)19(24)17-11-20-18-9-5-6-10-22(17)18/h2-11,15,23H,12-14H2,1H3/t15-/m1/s1. The van der Waals surface area contributed by atoms with Crippen LogP contribution >= 0.6 is 0 Å². The number of pyridine rings is 1. The summed E-state index contributed by atoms with van der Waals surface area (Å²) < 4.78 is 1.80. The first kappa shape index (κ1) is 16.2. The average molecular weight is 323 g/mol. The number of hydrogen-bond donors (Lipinski definition) is 1. The van der Waals surface area contributed by atoms with Crippen LogP contribution in [-0.2, 0) is 6.54 Å². The number of amides is 1. The molecule has 1 amide bonds. The Kier molecular flexibility index (Phi) is 4.91. The first-order valence-electron chi connectivity index (χ1n) is 8.05. The lowest BCUT2D eigenvalue weighted by Crippen LogP contribution is -2.35. The van der Waals surface area contributed by atoms with E-state index in [9.17, 15) is 9.90 Å². The number of fused-ring (bicyclic) bond motifs is 1. The van der Waals surface area contributed by atoms with Gasteiger partial charge < -0.3 is 10.0 Å². The van der Waals surface area contributed by atoms with E-state index in [1.165, 1.54) is 0 Å². The molecule has 1 aromatic carbocycles. The molecule has 0 aliphatic heterocycles. The predicted molar refractivity (Wildman–Crippen MR) is 92.6 cm³/mol. The minimum Gasteiger partial charge on any atom is -0.396 e. The van der Waals surface area contributed by atoms with Gasteiger partial charge in [0.25, 0.3) is 5.91 Å². The van der Waals surface area contributed by atoms with Crippen molar-refractivity contribution in [2.75, 3.05) is 13.2 Å². The zero-order valence-corrected chi connectivity index (χ0v) is 13.7. The van der Waals surface area contributed by atoms with Crippen LogP contribution in [0, 0.1) is 5.92 Å². The van der Waals surface area contributed by atoms with Gasteiger partial charge in [0.2, 0.25) is 0 Å². The average Bonchev–Trinajstić information content (AvgIpc) is 3.05. The van der Waals surface area contributed by atoms with Gasteiger partial charge in [0.15, 0.2) is 0 Å². The molecule has 124 valence electrons. The van der Waals surface area contributed by atoms with Gasteiger partial charge in [0.1, 0.15) is 11.3 Å². The van der Waals surface area contributed by atoms with Gasteiger partial charge in [-0.3, -0.25) is 9.20 Å². The van der Waals surface area contributed by atoms with Crippen molar-refractivity contribution < 1.29 is 9.90 Å². The Balaban J connectivity index is 1.90. The molecule has 2 heterocycles. The highest BCUT2D eigenvalue weighted by Crippen LogP contribution is 2.14. The minimum absolute atomic E-state index is 0.0110. The Morgan fingerprint density at radius 2 is 1.96 bits per heavy atom. The van der Waals surface area contributed by atoms with Crippen molar-refractivity contribution in [3.05, 3.63) is 72.2 Å². The summed E-state index contributed by atoms with van der Waals surface area (Å²) in [6, 6.07) is 15.5. The second-order valence-electron chi connectivity index (χ2n) is 6.03. The van der Waals surface area contributed by atoms with Gasteiger partial charge in [0, 0.05) is 25.9 Å². The Labute approximate surface area is 141 Å². The highest BCUT2D eigenvalue weighted by molar-refractivity contribution is 5.93. The van der Waals surface area contributed by atoms with E-state index in [0.29, 0.717) is 18.8 Å². The lowest BCUT2D eigenvalue weighted by atomic mass is 10.1. The number of imidazole rings is 1. The second-order valence-corrected chi connectivity index (χ2v) is 6.03. The molecule has 0 saturated carbocycles. The Bertz CT molecular complexity index is 814. The fourth-order valence-electron chi connectivity index (χ4n) is 2.71. The molecular weight excluding hydrogens is 302 g/mol. The maximum atomic E-state index is 13.1. The van der Waals surface area contributed by atoms with E-state index in [-0.39, 0.29) is 18.4 Å². The maximum Gasteiger partial charge on any atom is 0.272 e. The van der Waals surface area contributed by atoms with Crippen molar-refractivity contribution in [1.29, 1.82) is 0 Å². The molecule has 2 aromatic heterocycles. The van der Waals surface area contributed by atoms with E-state index >= 15 is 0 Å². The minimum atomic E-state index is -0.0853. The lowest BCUT2D eigenvalue weighted by molar-refractivity contribution is 0.0687. The van der Waals surface area contributed by atoms with Gasteiger partial charge in [-0.1, -0.05) is 43.3 Å².